The van der Waals surface area contributed by atoms with Crippen LogP contribution in [0, 0.1) is 0 Å². The van der Waals surface area contributed by atoms with Gasteiger partial charge in [0.15, 0.2) is 22.5 Å². The monoisotopic (exact) mass is 598 g/mol. The molecule has 9 aromatic rings. The second kappa shape index (κ2) is 9.39. The lowest BCUT2D eigenvalue weighted by Gasteiger charge is -2.19. The van der Waals surface area contributed by atoms with E-state index in [1.165, 1.54) is 0 Å². The molecule has 0 spiro atoms. The Bertz CT molecular complexity index is 2680. The van der Waals surface area contributed by atoms with Crippen molar-refractivity contribution in [1.82, 2.24) is 14.5 Å². The van der Waals surface area contributed by atoms with E-state index in [1.807, 2.05) is 48.7 Å². The van der Waals surface area contributed by atoms with Gasteiger partial charge in [-0.1, -0.05) is 42.5 Å². The molecule has 7 heteroatoms. The number of hydrogen-bond acceptors (Lipinski definition) is 6. The fourth-order valence-corrected chi connectivity index (χ4v) is 6.88. The summed E-state index contributed by atoms with van der Waals surface area (Å²) >= 11 is 0. The SMILES string of the molecule is CN1C=CN(c2cc(Oc3ccc4c5ccccc5n(-c5ccccn5)c4c3)c3oc4c(ccc5c6ccccc6oc54)c3c2)C1. The van der Waals surface area contributed by atoms with E-state index in [9.17, 15) is 0 Å². The summed E-state index contributed by atoms with van der Waals surface area (Å²) in [5.41, 5.74) is 6.09. The average molecular weight is 599 g/mol. The van der Waals surface area contributed by atoms with E-state index in [1.54, 1.807) is 0 Å². The number of para-hydroxylation sites is 2. The molecule has 0 bridgehead atoms. The minimum Gasteiger partial charge on any atom is -0.453 e. The number of benzene rings is 5. The highest BCUT2D eigenvalue weighted by atomic mass is 16.5. The Kier molecular flexibility index (Phi) is 5.14. The Labute approximate surface area is 262 Å². The number of furan rings is 2. The fraction of sp³-hybridized carbons (Fsp3) is 0.0513. The standard InChI is InChI=1S/C39H26N4O3/c1-41-18-19-42(23-41)24-20-31-30-16-15-29-28-9-3-5-11-34(28)45-38(29)39(30)46-37(31)35(21-24)44-25-13-14-27-26-8-2-4-10-32(26)43(33(27)22-25)36-12-6-7-17-40-36/h2-22H,23H2,1H3. The molecule has 0 radical (unpaired) electrons. The molecule has 1 aliphatic rings. The number of hydrogen-bond donors (Lipinski definition) is 0. The second-order valence-electron chi connectivity index (χ2n) is 11.8. The minimum absolute atomic E-state index is 0.635. The van der Waals surface area contributed by atoms with Crippen molar-refractivity contribution in [3.63, 3.8) is 0 Å². The van der Waals surface area contributed by atoms with Gasteiger partial charge in [0.25, 0.3) is 0 Å². The molecule has 10 rings (SSSR count). The van der Waals surface area contributed by atoms with E-state index in [4.69, 9.17) is 13.6 Å². The molecule has 0 amide bonds. The van der Waals surface area contributed by atoms with Crippen molar-refractivity contribution in [2.75, 3.05) is 18.6 Å². The van der Waals surface area contributed by atoms with Crippen molar-refractivity contribution >= 4 is 71.4 Å². The number of fused-ring (bicyclic) bond motifs is 10. The molecule has 7 nitrogen and oxygen atoms in total. The molecule has 5 aromatic carbocycles. The van der Waals surface area contributed by atoms with Crippen molar-refractivity contribution in [3.8, 4) is 17.3 Å². The van der Waals surface area contributed by atoms with Gasteiger partial charge in [-0.15, -0.1) is 0 Å². The molecular weight excluding hydrogens is 572 g/mol. The van der Waals surface area contributed by atoms with Crippen LogP contribution in [0.25, 0.3) is 71.5 Å². The maximum Gasteiger partial charge on any atom is 0.178 e. The van der Waals surface area contributed by atoms with Crippen molar-refractivity contribution < 1.29 is 13.6 Å². The lowest BCUT2D eigenvalue weighted by atomic mass is 10.1. The van der Waals surface area contributed by atoms with Gasteiger partial charge in [-0.05, 0) is 54.6 Å². The lowest BCUT2D eigenvalue weighted by Crippen LogP contribution is -2.21. The van der Waals surface area contributed by atoms with Gasteiger partial charge >= 0.3 is 0 Å². The van der Waals surface area contributed by atoms with Gasteiger partial charge < -0.3 is 23.4 Å². The molecule has 220 valence electrons. The molecule has 0 unspecified atom stereocenters. The fourth-order valence-electron chi connectivity index (χ4n) is 6.88. The van der Waals surface area contributed by atoms with Crippen LogP contribution >= 0.6 is 0 Å². The molecule has 0 aliphatic carbocycles. The van der Waals surface area contributed by atoms with E-state index in [-0.39, 0.29) is 0 Å². The third-order valence-corrected chi connectivity index (χ3v) is 8.99. The highest BCUT2D eigenvalue weighted by Crippen LogP contribution is 2.45. The van der Waals surface area contributed by atoms with Gasteiger partial charge in [-0.2, -0.15) is 0 Å². The van der Waals surface area contributed by atoms with Crippen LogP contribution in [0.3, 0.4) is 0 Å². The molecule has 1 aliphatic heterocycles. The van der Waals surface area contributed by atoms with Crippen LogP contribution in [0.2, 0.25) is 0 Å². The van der Waals surface area contributed by atoms with Gasteiger partial charge in [-0.25, -0.2) is 4.98 Å². The van der Waals surface area contributed by atoms with Gasteiger partial charge in [0.05, 0.1) is 17.7 Å². The Balaban J connectivity index is 1.19. The van der Waals surface area contributed by atoms with E-state index >= 15 is 0 Å². The second-order valence-corrected chi connectivity index (χ2v) is 11.8. The van der Waals surface area contributed by atoms with Gasteiger partial charge in [0, 0.05) is 75.8 Å². The molecule has 0 fully saturated rings. The Morgan fingerprint density at radius 3 is 2.24 bits per heavy atom. The Morgan fingerprint density at radius 1 is 0.630 bits per heavy atom. The van der Waals surface area contributed by atoms with Gasteiger partial charge in [-0.3, -0.25) is 4.57 Å². The molecule has 0 atom stereocenters. The number of rotatable bonds is 4. The zero-order valence-corrected chi connectivity index (χ0v) is 24.8. The molecule has 46 heavy (non-hydrogen) atoms. The van der Waals surface area contributed by atoms with Crippen LogP contribution < -0.4 is 9.64 Å². The van der Waals surface area contributed by atoms with Crippen LogP contribution in [0.15, 0.2) is 137 Å². The molecule has 5 heterocycles. The van der Waals surface area contributed by atoms with Crippen LogP contribution in [-0.2, 0) is 0 Å². The zero-order chi connectivity index (χ0) is 30.4. The predicted molar refractivity (Wildman–Crippen MR) is 184 cm³/mol. The Hall–Kier alpha value is -6.21. The number of nitrogens with zero attached hydrogens (tertiary/aromatic N) is 4. The van der Waals surface area contributed by atoms with Crippen LogP contribution in [0.4, 0.5) is 5.69 Å². The van der Waals surface area contributed by atoms with Crippen molar-refractivity contribution in [2.45, 2.75) is 0 Å². The summed E-state index contributed by atoms with van der Waals surface area (Å²) in [7, 11) is 2.06. The summed E-state index contributed by atoms with van der Waals surface area (Å²) < 4.78 is 22.0. The van der Waals surface area contributed by atoms with E-state index in [2.05, 4.69) is 106 Å². The first-order valence-electron chi connectivity index (χ1n) is 15.3. The van der Waals surface area contributed by atoms with Gasteiger partial charge in [0.1, 0.15) is 17.2 Å². The minimum atomic E-state index is 0.635. The largest absolute Gasteiger partial charge is 0.453 e. The van der Waals surface area contributed by atoms with Crippen LogP contribution in [0.1, 0.15) is 0 Å². The van der Waals surface area contributed by atoms with Crippen LogP contribution in [-0.4, -0.2) is 28.2 Å². The zero-order valence-electron chi connectivity index (χ0n) is 24.8. The van der Waals surface area contributed by atoms with Crippen molar-refractivity contribution in [3.05, 3.63) is 128 Å². The highest BCUT2D eigenvalue weighted by Gasteiger charge is 2.22. The molecule has 0 N–H and O–H groups in total. The van der Waals surface area contributed by atoms with E-state index in [0.29, 0.717) is 22.7 Å². The van der Waals surface area contributed by atoms with Crippen molar-refractivity contribution in [1.29, 1.82) is 0 Å². The lowest BCUT2D eigenvalue weighted by molar-refractivity contribution is 0.475. The van der Waals surface area contributed by atoms with Crippen LogP contribution in [0.5, 0.6) is 11.5 Å². The molecule has 0 saturated heterocycles. The number of pyridine rings is 1. The number of aromatic nitrogens is 2. The maximum atomic E-state index is 6.79. The number of ether oxygens (including phenoxy) is 1. The molecule has 0 saturated carbocycles. The van der Waals surface area contributed by atoms with Crippen molar-refractivity contribution in [2.24, 2.45) is 0 Å². The first-order chi connectivity index (χ1) is 22.7. The quantitative estimate of drug-likeness (QED) is 0.201. The normalized spacial score (nSPS) is 13.5. The van der Waals surface area contributed by atoms with E-state index in [0.717, 1.165) is 72.7 Å². The topological polar surface area (TPSA) is 59.8 Å². The molecular formula is C39H26N4O3. The van der Waals surface area contributed by atoms with Gasteiger partial charge in [0.2, 0.25) is 0 Å². The first-order valence-corrected chi connectivity index (χ1v) is 15.3. The predicted octanol–water partition coefficient (Wildman–Crippen LogP) is 9.95. The Morgan fingerprint density at radius 2 is 1.39 bits per heavy atom. The summed E-state index contributed by atoms with van der Waals surface area (Å²) in [6.07, 6.45) is 5.98. The summed E-state index contributed by atoms with van der Waals surface area (Å²) in [6, 6.07) is 37.2. The molecule has 4 aromatic heterocycles. The highest BCUT2D eigenvalue weighted by molar-refractivity contribution is 6.20. The summed E-state index contributed by atoms with van der Waals surface area (Å²) in [5, 5.41) is 6.34. The summed E-state index contributed by atoms with van der Waals surface area (Å²) in [5.74, 6) is 2.19. The maximum absolute atomic E-state index is 6.79. The summed E-state index contributed by atoms with van der Waals surface area (Å²) in [4.78, 5) is 9.03. The smallest absolute Gasteiger partial charge is 0.178 e. The third-order valence-electron chi connectivity index (χ3n) is 8.99. The number of anilines is 1. The third kappa shape index (κ3) is 3.62. The average Bonchev–Trinajstić information content (AvgIpc) is 3.86. The summed E-state index contributed by atoms with van der Waals surface area (Å²) in [6.45, 7) is 0.741. The first kappa shape index (κ1) is 25.2. The van der Waals surface area contributed by atoms with E-state index < -0.39 is 0 Å².